The molecular formula is C21H39N3O6. The maximum absolute atomic E-state index is 12.8. The Morgan fingerprint density at radius 1 is 0.800 bits per heavy atom. The van der Waals surface area contributed by atoms with Gasteiger partial charge in [0.05, 0.1) is 0 Å². The number of ether oxygens (including phenoxy) is 1. The fourth-order valence-corrected chi connectivity index (χ4v) is 2.67. The van der Waals surface area contributed by atoms with Gasteiger partial charge < -0.3 is 25.8 Å². The highest BCUT2D eigenvalue weighted by Gasteiger charge is 2.34. The summed E-state index contributed by atoms with van der Waals surface area (Å²) in [6, 6.07) is -2.93. The van der Waals surface area contributed by atoms with Crippen LogP contribution in [0.5, 0.6) is 0 Å². The molecule has 0 aromatic rings. The van der Waals surface area contributed by atoms with Crippen LogP contribution in [-0.2, 0) is 19.1 Å². The Hall–Kier alpha value is -2.32. The average Bonchev–Trinajstić information content (AvgIpc) is 2.58. The lowest BCUT2D eigenvalue weighted by atomic mass is 9.96. The summed E-state index contributed by atoms with van der Waals surface area (Å²) in [5.74, 6) is -3.08. The quantitative estimate of drug-likeness (QED) is 0.421. The van der Waals surface area contributed by atoms with E-state index in [2.05, 4.69) is 16.0 Å². The minimum Gasteiger partial charge on any atom is -0.480 e. The Morgan fingerprint density at radius 3 is 1.53 bits per heavy atom. The van der Waals surface area contributed by atoms with Gasteiger partial charge >= 0.3 is 12.1 Å². The maximum atomic E-state index is 12.8. The van der Waals surface area contributed by atoms with Crippen LogP contribution in [0.1, 0.15) is 68.7 Å². The van der Waals surface area contributed by atoms with E-state index in [0.29, 0.717) is 6.42 Å². The normalized spacial score (nSPS) is 15.7. The number of aliphatic carboxylic acids is 1. The lowest BCUT2D eigenvalue weighted by Crippen LogP contribution is -2.59. The molecule has 0 fully saturated rings. The van der Waals surface area contributed by atoms with Gasteiger partial charge in [0, 0.05) is 0 Å². The van der Waals surface area contributed by atoms with Crippen molar-refractivity contribution in [2.45, 2.75) is 92.5 Å². The smallest absolute Gasteiger partial charge is 0.408 e. The number of nitrogens with one attached hydrogen (secondary N) is 3. The molecule has 0 bridgehead atoms. The standard InChI is InChI=1S/C21H39N3O6/c1-10-13(6)16(19(27)28)23-17(25)14(11(2)3)22-18(26)15(12(4)5)24-20(29)30-21(7,8)9/h11-16H,10H2,1-9H3,(H,22,26)(H,23,25)(H,24,29)(H,27,28). The fraction of sp³-hybridized carbons (Fsp3) is 0.810. The average molecular weight is 430 g/mol. The summed E-state index contributed by atoms with van der Waals surface area (Å²) in [5, 5.41) is 17.1. The van der Waals surface area contributed by atoms with Crippen LogP contribution in [0.2, 0.25) is 0 Å². The van der Waals surface area contributed by atoms with Crippen LogP contribution in [0.3, 0.4) is 0 Å². The van der Waals surface area contributed by atoms with E-state index in [9.17, 15) is 24.3 Å². The molecule has 3 amide bonds. The Labute approximate surface area is 179 Å². The van der Waals surface area contributed by atoms with Crippen molar-refractivity contribution in [2.24, 2.45) is 17.8 Å². The van der Waals surface area contributed by atoms with E-state index < -0.39 is 47.6 Å². The second-order valence-corrected chi connectivity index (χ2v) is 9.31. The molecule has 4 unspecified atom stereocenters. The number of carboxylic acid groups (broad SMARTS) is 1. The Bertz CT molecular complexity index is 612. The van der Waals surface area contributed by atoms with Crippen LogP contribution >= 0.6 is 0 Å². The molecule has 0 aliphatic rings. The first-order valence-corrected chi connectivity index (χ1v) is 10.4. The molecule has 0 spiro atoms. The van der Waals surface area contributed by atoms with Crippen LogP contribution in [0.25, 0.3) is 0 Å². The maximum Gasteiger partial charge on any atom is 0.408 e. The predicted octanol–water partition coefficient (Wildman–Crippen LogP) is 2.29. The molecule has 4 N–H and O–H groups in total. The highest BCUT2D eigenvalue weighted by atomic mass is 16.6. The van der Waals surface area contributed by atoms with Crippen LogP contribution in [0.4, 0.5) is 4.79 Å². The number of alkyl carbamates (subject to hydrolysis) is 1. The monoisotopic (exact) mass is 429 g/mol. The molecule has 0 aromatic heterocycles. The lowest BCUT2D eigenvalue weighted by molar-refractivity contribution is -0.144. The number of amides is 3. The fourth-order valence-electron chi connectivity index (χ4n) is 2.67. The van der Waals surface area contributed by atoms with Gasteiger partial charge in [0.15, 0.2) is 0 Å². The summed E-state index contributed by atoms with van der Waals surface area (Å²) >= 11 is 0. The first kappa shape index (κ1) is 27.7. The third-order valence-corrected chi connectivity index (χ3v) is 4.65. The van der Waals surface area contributed by atoms with Gasteiger partial charge in [-0.2, -0.15) is 0 Å². The summed E-state index contributed by atoms with van der Waals surface area (Å²) in [4.78, 5) is 49.2. The molecule has 0 aliphatic carbocycles. The largest absolute Gasteiger partial charge is 0.480 e. The molecule has 174 valence electrons. The van der Waals surface area contributed by atoms with E-state index in [1.807, 2.05) is 6.92 Å². The zero-order chi connectivity index (χ0) is 23.8. The number of carbonyl (C=O) groups is 4. The molecule has 0 aliphatic heterocycles. The molecule has 0 rings (SSSR count). The second-order valence-electron chi connectivity index (χ2n) is 9.31. The van der Waals surface area contributed by atoms with E-state index >= 15 is 0 Å². The highest BCUT2D eigenvalue weighted by molar-refractivity contribution is 5.93. The van der Waals surface area contributed by atoms with E-state index in [1.54, 1.807) is 55.4 Å². The number of hydrogen-bond donors (Lipinski definition) is 4. The summed E-state index contributed by atoms with van der Waals surface area (Å²) in [7, 11) is 0. The van der Waals surface area contributed by atoms with Gasteiger partial charge in [0.2, 0.25) is 11.8 Å². The lowest BCUT2D eigenvalue weighted by Gasteiger charge is -2.29. The highest BCUT2D eigenvalue weighted by Crippen LogP contribution is 2.12. The van der Waals surface area contributed by atoms with E-state index in [0.717, 1.165) is 0 Å². The number of carboxylic acids is 1. The van der Waals surface area contributed by atoms with Crippen molar-refractivity contribution in [3.8, 4) is 0 Å². The molecule has 9 nitrogen and oxygen atoms in total. The van der Waals surface area contributed by atoms with Crippen molar-refractivity contribution < 1.29 is 29.0 Å². The van der Waals surface area contributed by atoms with Crippen molar-refractivity contribution in [3.63, 3.8) is 0 Å². The van der Waals surface area contributed by atoms with Crippen LogP contribution in [0.15, 0.2) is 0 Å². The van der Waals surface area contributed by atoms with Gasteiger partial charge in [-0.05, 0) is 38.5 Å². The third kappa shape index (κ3) is 9.45. The molecule has 30 heavy (non-hydrogen) atoms. The van der Waals surface area contributed by atoms with Gasteiger partial charge in [-0.15, -0.1) is 0 Å². The van der Waals surface area contributed by atoms with Crippen molar-refractivity contribution in [2.75, 3.05) is 0 Å². The number of hydrogen-bond acceptors (Lipinski definition) is 5. The van der Waals surface area contributed by atoms with Gasteiger partial charge in [-0.1, -0.05) is 48.0 Å². The molecule has 0 saturated heterocycles. The number of rotatable bonds is 10. The van der Waals surface area contributed by atoms with Crippen molar-refractivity contribution in [3.05, 3.63) is 0 Å². The predicted molar refractivity (Wildman–Crippen MR) is 114 cm³/mol. The van der Waals surface area contributed by atoms with Crippen LogP contribution in [0, 0.1) is 17.8 Å². The zero-order valence-corrected chi connectivity index (χ0v) is 19.7. The first-order chi connectivity index (χ1) is 13.6. The van der Waals surface area contributed by atoms with E-state index in [4.69, 9.17) is 4.74 Å². The molecule has 0 heterocycles. The van der Waals surface area contributed by atoms with E-state index in [-0.39, 0.29) is 17.8 Å². The summed E-state index contributed by atoms with van der Waals surface area (Å²) in [5.41, 5.74) is -0.718. The minimum atomic E-state index is -1.13. The van der Waals surface area contributed by atoms with Gasteiger partial charge in [-0.25, -0.2) is 9.59 Å². The Balaban J connectivity index is 5.37. The van der Waals surface area contributed by atoms with Gasteiger partial charge in [0.25, 0.3) is 0 Å². The van der Waals surface area contributed by atoms with Crippen molar-refractivity contribution in [1.82, 2.24) is 16.0 Å². The zero-order valence-electron chi connectivity index (χ0n) is 19.7. The van der Waals surface area contributed by atoms with Crippen molar-refractivity contribution in [1.29, 1.82) is 0 Å². The summed E-state index contributed by atoms with van der Waals surface area (Å²) in [6.45, 7) is 15.7. The third-order valence-electron chi connectivity index (χ3n) is 4.65. The molecule has 0 aromatic carbocycles. The van der Waals surface area contributed by atoms with Gasteiger partial charge in [0.1, 0.15) is 23.7 Å². The molecule has 0 radical (unpaired) electrons. The van der Waals surface area contributed by atoms with E-state index in [1.165, 1.54) is 0 Å². The SMILES string of the molecule is CCC(C)C(NC(=O)C(NC(=O)C(NC(=O)OC(C)(C)C)C(C)C)C(C)C)C(=O)O. The molecule has 0 saturated carbocycles. The Kier molecular flexibility index (Phi) is 10.9. The van der Waals surface area contributed by atoms with Crippen LogP contribution < -0.4 is 16.0 Å². The molecular weight excluding hydrogens is 390 g/mol. The Morgan fingerprint density at radius 2 is 1.20 bits per heavy atom. The number of carbonyl (C=O) groups excluding carboxylic acids is 3. The first-order valence-electron chi connectivity index (χ1n) is 10.4. The molecule has 4 atom stereocenters. The van der Waals surface area contributed by atoms with Crippen LogP contribution in [-0.4, -0.2) is 52.7 Å². The van der Waals surface area contributed by atoms with Crippen molar-refractivity contribution >= 4 is 23.9 Å². The minimum absolute atomic E-state index is 0.264. The summed E-state index contributed by atoms with van der Waals surface area (Å²) < 4.78 is 5.21. The molecule has 9 heteroatoms. The second kappa shape index (κ2) is 11.8. The summed E-state index contributed by atoms with van der Waals surface area (Å²) in [6.07, 6.45) is -0.157. The topological polar surface area (TPSA) is 134 Å². The van der Waals surface area contributed by atoms with Gasteiger partial charge in [-0.3, -0.25) is 9.59 Å².